The van der Waals surface area contributed by atoms with Crippen molar-refractivity contribution in [1.82, 2.24) is 19.8 Å². The van der Waals surface area contributed by atoms with Crippen LogP contribution in [0.15, 0.2) is 30.5 Å². The van der Waals surface area contributed by atoms with Gasteiger partial charge in [-0.15, -0.1) is 0 Å². The second-order valence-electron chi connectivity index (χ2n) is 12.7. The zero-order chi connectivity index (χ0) is 28.8. The highest BCUT2D eigenvalue weighted by Crippen LogP contribution is 2.43. The maximum absolute atomic E-state index is 15.0. The maximum Gasteiger partial charge on any atom is 0.410 e. The average Bonchev–Trinajstić information content (AvgIpc) is 3.67. The molecule has 2 aliphatic rings. The van der Waals surface area contributed by atoms with E-state index in [1.54, 1.807) is 7.05 Å². The minimum absolute atomic E-state index is 0.00341. The maximum atomic E-state index is 15.0. The molecule has 1 aromatic carbocycles. The fourth-order valence-corrected chi connectivity index (χ4v) is 5.71. The Bertz CT molecular complexity index is 1410. The van der Waals surface area contributed by atoms with Gasteiger partial charge in [-0.05, 0) is 87.6 Å². The number of amides is 2. The Balaban J connectivity index is 1.31. The Morgan fingerprint density at radius 1 is 1.12 bits per heavy atom. The number of nitrogens with zero attached hydrogens (tertiary/aromatic N) is 3. The van der Waals surface area contributed by atoms with Crippen molar-refractivity contribution in [1.29, 1.82) is 0 Å². The number of rotatable bonds is 6. The molecule has 3 heterocycles. The van der Waals surface area contributed by atoms with E-state index in [9.17, 15) is 9.59 Å². The third-order valence-electron chi connectivity index (χ3n) is 7.98. The zero-order valence-electron chi connectivity index (χ0n) is 24.5. The first-order valence-corrected chi connectivity index (χ1v) is 14.4. The van der Waals surface area contributed by atoms with Gasteiger partial charge in [0.05, 0.1) is 11.9 Å². The number of carbonyl (C=O) groups excluding carboxylic acids is 2. The van der Waals surface area contributed by atoms with Crippen molar-refractivity contribution in [2.45, 2.75) is 83.7 Å². The Morgan fingerprint density at radius 2 is 1.82 bits per heavy atom. The Hall–Kier alpha value is -3.42. The average molecular weight is 549 g/mol. The van der Waals surface area contributed by atoms with Crippen molar-refractivity contribution in [3.63, 3.8) is 0 Å². The number of likely N-dealkylation sites (N-methyl/N-ethyl adjacent to an activating group) is 1. The first kappa shape index (κ1) is 28.1. The summed E-state index contributed by atoms with van der Waals surface area (Å²) in [5.74, 6) is 0.622. The molecular weight excluding hydrogens is 507 g/mol. The highest BCUT2D eigenvalue weighted by Gasteiger charge is 2.29. The summed E-state index contributed by atoms with van der Waals surface area (Å²) in [6.07, 6.45) is 4.82. The monoisotopic (exact) mass is 548 g/mol. The summed E-state index contributed by atoms with van der Waals surface area (Å²) in [6.45, 7) is 11.0. The SMILES string of the molecule is CC(C)c1c(-c2cc(C3CC3)ncc2F)[nH]c2ccc(C3CCN(C(=O)CN(C)C(=O)OC(C)(C)C)CC3)cc12. The molecule has 1 aliphatic heterocycles. The Kier molecular flexibility index (Phi) is 7.64. The van der Waals surface area contributed by atoms with Crippen LogP contribution in [-0.4, -0.2) is 64.1 Å². The second-order valence-corrected chi connectivity index (χ2v) is 12.7. The molecule has 8 heteroatoms. The summed E-state index contributed by atoms with van der Waals surface area (Å²) >= 11 is 0. The fraction of sp³-hybridized carbons (Fsp3) is 0.531. The van der Waals surface area contributed by atoms with E-state index in [1.807, 2.05) is 31.7 Å². The molecule has 0 radical (unpaired) electrons. The lowest BCUT2D eigenvalue weighted by molar-refractivity contribution is -0.133. The topological polar surface area (TPSA) is 78.5 Å². The number of likely N-dealkylation sites (tertiary alicyclic amines) is 1. The molecule has 0 atom stereocenters. The number of halogens is 1. The number of fused-ring (bicyclic) bond motifs is 1. The van der Waals surface area contributed by atoms with Crippen LogP contribution in [0.25, 0.3) is 22.2 Å². The molecule has 1 saturated carbocycles. The minimum Gasteiger partial charge on any atom is -0.444 e. The van der Waals surface area contributed by atoms with Crippen LogP contribution in [0.1, 0.15) is 94.9 Å². The van der Waals surface area contributed by atoms with Crippen molar-refractivity contribution in [3.8, 4) is 11.3 Å². The van der Waals surface area contributed by atoms with Crippen molar-refractivity contribution in [2.24, 2.45) is 0 Å². The number of ether oxygens (including phenoxy) is 1. The molecule has 214 valence electrons. The first-order valence-electron chi connectivity index (χ1n) is 14.4. The van der Waals surface area contributed by atoms with Crippen LogP contribution in [0, 0.1) is 5.82 Å². The van der Waals surface area contributed by atoms with Crippen LogP contribution in [0.5, 0.6) is 0 Å². The molecule has 3 aromatic rings. The number of pyridine rings is 1. The van der Waals surface area contributed by atoms with Crippen molar-refractivity contribution >= 4 is 22.9 Å². The van der Waals surface area contributed by atoms with Crippen LogP contribution >= 0.6 is 0 Å². The number of aromatic nitrogens is 2. The number of nitrogens with one attached hydrogen (secondary N) is 1. The van der Waals surface area contributed by atoms with E-state index >= 15 is 4.39 Å². The highest BCUT2D eigenvalue weighted by atomic mass is 19.1. The van der Waals surface area contributed by atoms with Gasteiger partial charge < -0.3 is 19.5 Å². The molecule has 40 heavy (non-hydrogen) atoms. The molecule has 1 aliphatic carbocycles. The fourth-order valence-electron chi connectivity index (χ4n) is 5.71. The van der Waals surface area contributed by atoms with Gasteiger partial charge in [-0.2, -0.15) is 0 Å². The van der Waals surface area contributed by atoms with E-state index in [1.165, 1.54) is 16.7 Å². The Morgan fingerprint density at radius 3 is 2.45 bits per heavy atom. The number of piperidine rings is 1. The first-order chi connectivity index (χ1) is 18.9. The van der Waals surface area contributed by atoms with Gasteiger partial charge in [-0.1, -0.05) is 19.9 Å². The summed E-state index contributed by atoms with van der Waals surface area (Å²) in [5.41, 5.74) is 5.19. The second kappa shape index (κ2) is 10.9. The normalized spacial score (nSPS) is 16.6. The predicted octanol–water partition coefficient (Wildman–Crippen LogP) is 6.94. The number of H-pyrrole nitrogens is 1. The Labute approximate surface area is 236 Å². The number of carbonyl (C=O) groups is 2. The lowest BCUT2D eigenvalue weighted by Crippen LogP contribution is -2.45. The molecule has 2 fully saturated rings. The third-order valence-corrected chi connectivity index (χ3v) is 7.98. The minimum atomic E-state index is -0.602. The molecule has 5 rings (SSSR count). The van der Waals surface area contributed by atoms with Crippen molar-refractivity contribution in [2.75, 3.05) is 26.7 Å². The highest BCUT2D eigenvalue weighted by molar-refractivity contribution is 5.92. The van der Waals surface area contributed by atoms with Gasteiger partial charge in [0, 0.05) is 48.2 Å². The molecule has 0 spiro atoms. The van der Waals surface area contributed by atoms with Gasteiger partial charge in [0.1, 0.15) is 12.1 Å². The van der Waals surface area contributed by atoms with Crippen LogP contribution in [0.4, 0.5) is 9.18 Å². The largest absolute Gasteiger partial charge is 0.444 e. The third kappa shape index (κ3) is 6.01. The van der Waals surface area contributed by atoms with Gasteiger partial charge >= 0.3 is 6.09 Å². The molecule has 0 bridgehead atoms. The van der Waals surface area contributed by atoms with E-state index in [0.29, 0.717) is 30.5 Å². The molecule has 1 N–H and O–H groups in total. The summed E-state index contributed by atoms with van der Waals surface area (Å²) < 4.78 is 20.4. The number of benzene rings is 1. The summed E-state index contributed by atoms with van der Waals surface area (Å²) in [7, 11) is 1.59. The van der Waals surface area contributed by atoms with Crippen LogP contribution < -0.4 is 0 Å². The van der Waals surface area contributed by atoms with E-state index in [-0.39, 0.29) is 24.2 Å². The van der Waals surface area contributed by atoms with E-state index in [4.69, 9.17) is 4.74 Å². The van der Waals surface area contributed by atoms with Crippen LogP contribution in [0.2, 0.25) is 0 Å². The van der Waals surface area contributed by atoms with Crippen LogP contribution in [0.3, 0.4) is 0 Å². The quantitative estimate of drug-likeness (QED) is 0.362. The van der Waals surface area contributed by atoms with E-state index in [0.717, 1.165) is 53.5 Å². The van der Waals surface area contributed by atoms with Gasteiger partial charge in [-0.3, -0.25) is 9.78 Å². The molecule has 2 aromatic heterocycles. The molecule has 0 unspecified atom stereocenters. The zero-order valence-corrected chi connectivity index (χ0v) is 24.5. The standard InChI is InChI=1S/C32H41FN4O3/c1-19(2)29-24-15-22(9-10-26(24)35-30(29)23-16-27(21-7-8-21)34-17-25(23)33)20-11-13-37(14-12-20)28(38)18-36(6)31(39)40-32(3,4)5/h9-10,15-17,19-21,35H,7-8,11-14,18H2,1-6H3. The summed E-state index contributed by atoms with van der Waals surface area (Å²) in [5, 5.41) is 1.13. The van der Waals surface area contributed by atoms with Crippen molar-refractivity contribution < 1.29 is 18.7 Å². The summed E-state index contributed by atoms with van der Waals surface area (Å²) in [6, 6.07) is 8.44. The van der Waals surface area contributed by atoms with Gasteiger partial charge in [0.25, 0.3) is 0 Å². The number of hydrogen-bond donors (Lipinski definition) is 1. The molecule has 1 saturated heterocycles. The lowest BCUT2D eigenvalue weighted by Gasteiger charge is -2.33. The van der Waals surface area contributed by atoms with E-state index in [2.05, 4.69) is 42.0 Å². The van der Waals surface area contributed by atoms with Crippen molar-refractivity contribution in [3.05, 3.63) is 53.1 Å². The number of aromatic amines is 1. The molecule has 2 amide bonds. The van der Waals surface area contributed by atoms with Crippen LogP contribution in [-0.2, 0) is 9.53 Å². The smallest absolute Gasteiger partial charge is 0.410 e. The van der Waals surface area contributed by atoms with Gasteiger partial charge in [-0.25, -0.2) is 9.18 Å². The van der Waals surface area contributed by atoms with E-state index < -0.39 is 11.7 Å². The summed E-state index contributed by atoms with van der Waals surface area (Å²) in [4.78, 5) is 36.2. The van der Waals surface area contributed by atoms with Gasteiger partial charge in [0.15, 0.2) is 5.82 Å². The lowest BCUT2D eigenvalue weighted by atomic mass is 9.87. The van der Waals surface area contributed by atoms with Gasteiger partial charge in [0.2, 0.25) is 5.91 Å². The predicted molar refractivity (Wildman–Crippen MR) is 155 cm³/mol. The number of hydrogen-bond acceptors (Lipinski definition) is 4. The molecular formula is C32H41FN4O3. The molecule has 7 nitrogen and oxygen atoms in total.